The van der Waals surface area contributed by atoms with E-state index in [4.69, 9.17) is 10.1 Å². The van der Waals surface area contributed by atoms with Crippen LogP contribution >= 0.6 is 0 Å². The van der Waals surface area contributed by atoms with Crippen molar-refractivity contribution in [3.8, 4) is 22.8 Å². The number of aromatic nitrogens is 1. The molecule has 0 saturated heterocycles. The third-order valence-electron chi connectivity index (χ3n) is 6.90. The summed E-state index contributed by atoms with van der Waals surface area (Å²) in [5.74, 6) is -0.217. The zero-order chi connectivity index (χ0) is 26.9. The molecule has 38 heavy (non-hydrogen) atoms. The first-order valence-corrected chi connectivity index (χ1v) is 13.3. The Morgan fingerprint density at radius 3 is 2.45 bits per heavy atom. The third kappa shape index (κ3) is 4.13. The largest absolute Gasteiger partial charge is 0.586 e. The molecule has 2 heterocycles. The minimum atomic E-state index is -3.87. The van der Waals surface area contributed by atoms with Gasteiger partial charge in [-0.05, 0) is 66.6 Å². The van der Waals surface area contributed by atoms with E-state index < -0.39 is 21.7 Å². The Morgan fingerprint density at radius 2 is 1.74 bits per heavy atom. The van der Waals surface area contributed by atoms with Gasteiger partial charge in [0, 0.05) is 10.9 Å². The number of benzene rings is 3. The van der Waals surface area contributed by atoms with E-state index in [0.717, 1.165) is 10.8 Å². The number of nitrogens with one attached hydrogen (secondary N) is 1. The molecule has 1 fully saturated rings. The van der Waals surface area contributed by atoms with Gasteiger partial charge in [0.15, 0.2) is 11.5 Å². The average Bonchev–Trinajstić information content (AvgIpc) is 3.60. The summed E-state index contributed by atoms with van der Waals surface area (Å²) >= 11 is 0. The van der Waals surface area contributed by atoms with Gasteiger partial charge in [-0.2, -0.15) is 0 Å². The number of nitrogens with two attached hydrogens (primary N) is 1. The molecule has 4 aromatic rings. The van der Waals surface area contributed by atoms with Crippen LogP contribution in [-0.2, 0) is 20.2 Å². The zero-order valence-electron chi connectivity index (χ0n) is 20.0. The zero-order valence-corrected chi connectivity index (χ0v) is 20.8. The van der Waals surface area contributed by atoms with Crippen molar-refractivity contribution in [1.82, 2.24) is 4.98 Å². The molecule has 3 N–H and O–H groups in total. The van der Waals surface area contributed by atoms with E-state index in [0.29, 0.717) is 41.0 Å². The van der Waals surface area contributed by atoms with Crippen molar-refractivity contribution in [3.63, 3.8) is 0 Å². The number of ether oxygens (including phenoxy) is 2. The molecule has 1 aliphatic heterocycles. The summed E-state index contributed by atoms with van der Waals surface area (Å²) in [6.45, 7) is 1.76. The molecule has 0 unspecified atom stereocenters. The number of fused-ring (bicyclic) bond motifs is 2. The molecule has 1 aliphatic carbocycles. The molecule has 1 aromatic heterocycles. The molecule has 0 radical (unpaired) electrons. The van der Waals surface area contributed by atoms with Gasteiger partial charge in [0.25, 0.3) is 0 Å². The van der Waals surface area contributed by atoms with Crippen molar-refractivity contribution in [2.24, 2.45) is 5.14 Å². The predicted octanol–water partition coefficient (Wildman–Crippen LogP) is 4.85. The molecule has 8 nitrogen and oxygen atoms in total. The molecule has 0 atom stereocenters. The summed E-state index contributed by atoms with van der Waals surface area (Å²) in [6.07, 6.45) is -2.68. The summed E-state index contributed by atoms with van der Waals surface area (Å²) in [5.41, 5.74) is 1.53. The Balaban J connectivity index is 1.36. The number of aryl methyl sites for hydroxylation is 1. The molecule has 194 valence electrons. The lowest BCUT2D eigenvalue weighted by Gasteiger charge is -2.17. The molecule has 3 aromatic carbocycles. The number of pyridine rings is 1. The van der Waals surface area contributed by atoms with Crippen LogP contribution in [0.1, 0.15) is 24.0 Å². The number of hydrogen-bond acceptors (Lipinski definition) is 6. The van der Waals surface area contributed by atoms with Crippen LogP contribution in [-0.4, -0.2) is 25.6 Å². The smallest absolute Gasteiger partial charge is 0.395 e. The Labute approximate surface area is 216 Å². The van der Waals surface area contributed by atoms with Gasteiger partial charge in [0.05, 0.1) is 16.0 Å². The summed E-state index contributed by atoms with van der Waals surface area (Å²) in [5, 5.41) is 9.81. The van der Waals surface area contributed by atoms with Crippen molar-refractivity contribution >= 4 is 32.5 Å². The number of carbonyl (C=O) groups is 1. The monoisotopic (exact) mass is 537 g/mol. The van der Waals surface area contributed by atoms with Gasteiger partial charge in [-0.3, -0.25) is 4.79 Å². The maximum atomic E-state index is 13.5. The highest BCUT2D eigenvalue weighted by atomic mass is 32.2. The third-order valence-corrected chi connectivity index (χ3v) is 7.81. The van der Waals surface area contributed by atoms with Crippen LogP contribution in [0.5, 0.6) is 11.5 Å². The maximum Gasteiger partial charge on any atom is 0.586 e. The fourth-order valence-corrected chi connectivity index (χ4v) is 5.40. The first-order chi connectivity index (χ1) is 18.0. The van der Waals surface area contributed by atoms with Crippen LogP contribution in [0.3, 0.4) is 0 Å². The molecule has 6 rings (SSSR count). The second-order valence-corrected chi connectivity index (χ2v) is 11.0. The van der Waals surface area contributed by atoms with E-state index in [1.807, 2.05) is 24.3 Å². The molecule has 1 amide bonds. The fourth-order valence-electron chi connectivity index (χ4n) is 4.80. The topological polar surface area (TPSA) is 121 Å². The van der Waals surface area contributed by atoms with Crippen molar-refractivity contribution < 1.29 is 31.5 Å². The number of anilines is 1. The second-order valence-electron chi connectivity index (χ2n) is 9.46. The highest BCUT2D eigenvalue weighted by Gasteiger charge is 2.53. The minimum absolute atomic E-state index is 0.00956. The maximum absolute atomic E-state index is 13.5. The van der Waals surface area contributed by atoms with Crippen molar-refractivity contribution in [2.45, 2.75) is 36.4 Å². The average molecular weight is 538 g/mol. The quantitative estimate of drug-likeness (QED) is 0.376. The predicted molar refractivity (Wildman–Crippen MR) is 135 cm³/mol. The number of hydrogen-bond donors (Lipinski definition) is 2. The van der Waals surface area contributed by atoms with Gasteiger partial charge in [-0.25, -0.2) is 18.5 Å². The highest BCUT2D eigenvalue weighted by molar-refractivity contribution is 7.89. The van der Waals surface area contributed by atoms with E-state index in [9.17, 15) is 22.0 Å². The van der Waals surface area contributed by atoms with Crippen LogP contribution in [0.25, 0.3) is 22.0 Å². The molecular formula is C27H21F2N3O5S. The van der Waals surface area contributed by atoms with Crippen molar-refractivity contribution in [3.05, 3.63) is 77.9 Å². The van der Waals surface area contributed by atoms with E-state index >= 15 is 0 Å². The highest BCUT2D eigenvalue weighted by Crippen LogP contribution is 2.52. The minimum Gasteiger partial charge on any atom is -0.395 e. The lowest BCUT2D eigenvalue weighted by atomic mass is 9.94. The van der Waals surface area contributed by atoms with Gasteiger partial charge in [0.2, 0.25) is 15.9 Å². The molecule has 0 bridgehead atoms. The molecule has 1 saturated carbocycles. The Kier molecular flexibility index (Phi) is 5.24. The molecule has 0 spiro atoms. The molecule has 11 heteroatoms. The summed E-state index contributed by atoms with van der Waals surface area (Å²) < 4.78 is 59.6. The molecule has 2 aliphatic rings. The van der Waals surface area contributed by atoms with Crippen LogP contribution < -0.4 is 19.9 Å². The van der Waals surface area contributed by atoms with E-state index in [2.05, 4.69) is 14.8 Å². The van der Waals surface area contributed by atoms with Gasteiger partial charge < -0.3 is 14.8 Å². The Morgan fingerprint density at radius 1 is 1.00 bits per heavy atom. The normalized spacial score (nSPS) is 16.8. The van der Waals surface area contributed by atoms with E-state index in [1.165, 1.54) is 24.3 Å². The standard InChI is InChI=1S/C27H21F2N3O5S/c1-15-12-18(38(30,34)35)7-8-19(15)24-20-5-3-2-4-16(20)13-23(31-24)32-25(33)26(10-11-26)17-6-9-21-22(14-17)37-27(28,29)36-21/h2-9,12-14H,10-11H2,1H3,(H2,30,34,35)(H,31,32,33). The number of sulfonamides is 1. The first-order valence-electron chi connectivity index (χ1n) is 11.7. The SMILES string of the molecule is Cc1cc(S(N)(=O)=O)ccc1-c1nc(NC(=O)C2(c3ccc4c(c3)OC(F)(F)O4)CC2)cc2ccccc12. The van der Waals surface area contributed by atoms with Crippen LogP contribution in [0.2, 0.25) is 0 Å². The van der Waals surface area contributed by atoms with Gasteiger partial charge in [0.1, 0.15) is 5.82 Å². The Hall–Kier alpha value is -4.09. The van der Waals surface area contributed by atoms with E-state index in [1.54, 1.807) is 25.1 Å². The number of amides is 1. The Bertz CT molecular complexity index is 1750. The second kappa shape index (κ2) is 8.20. The summed E-state index contributed by atoms with van der Waals surface area (Å²) in [6, 6.07) is 18.2. The van der Waals surface area contributed by atoms with Crippen molar-refractivity contribution in [2.75, 3.05) is 5.32 Å². The van der Waals surface area contributed by atoms with Crippen LogP contribution in [0.15, 0.2) is 71.6 Å². The van der Waals surface area contributed by atoms with Gasteiger partial charge in [-0.15, -0.1) is 8.78 Å². The van der Waals surface area contributed by atoms with E-state index in [-0.39, 0.29) is 22.3 Å². The number of rotatable bonds is 5. The lowest BCUT2D eigenvalue weighted by Crippen LogP contribution is -2.28. The summed E-state index contributed by atoms with van der Waals surface area (Å²) in [4.78, 5) is 18.2. The fraction of sp³-hybridized carbons (Fsp3) is 0.185. The molecular weight excluding hydrogens is 516 g/mol. The number of carbonyl (C=O) groups excluding carboxylic acids is 1. The van der Waals surface area contributed by atoms with Gasteiger partial charge in [-0.1, -0.05) is 36.4 Å². The van der Waals surface area contributed by atoms with Crippen LogP contribution in [0, 0.1) is 6.92 Å². The number of nitrogens with zero attached hydrogens (tertiary/aromatic N) is 1. The first kappa shape index (κ1) is 24.3. The number of alkyl halides is 2. The number of halogens is 2. The van der Waals surface area contributed by atoms with Crippen molar-refractivity contribution in [1.29, 1.82) is 0 Å². The summed E-state index contributed by atoms with van der Waals surface area (Å²) in [7, 11) is -3.87. The van der Waals surface area contributed by atoms with Gasteiger partial charge >= 0.3 is 6.29 Å². The van der Waals surface area contributed by atoms with Crippen LogP contribution in [0.4, 0.5) is 14.6 Å². The number of primary sulfonamides is 1. The lowest BCUT2D eigenvalue weighted by molar-refractivity contribution is -0.286.